The van der Waals surface area contributed by atoms with Crippen LogP contribution in [0.2, 0.25) is 0 Å². The number of hydrogen-bond donors (Lipinski definition) is 2. The summed E-state index contributed by atoms with van der Waals surface area (Å²) >= 11 is 1.50. The van der Waals surface area contributed by atoms with E-state index in [4.69, 9.17) is 4.74 Å². The van der Waals surface area contributed by atoms with E-state index in [1.807, 2.05) is 30.3 Å². The summed E-state index contributed by atoms with van der Waals surface area (Å²) < 4.78 is 30.6. The Morgan fingerprint density at radius 1 is 1.14 bits per heavy atom. The van der Waals surface area contributed by atoms with Gasteiger partial charge >= 0.3 is 0 Å². The van der Waals surface area contributed by atoms with Crippen molar-refractivity contribution in [3.05, 3.63) is 65.9 Å². The van der Waals surface area contributed by atoms with Gasteiger partial charge in [-0.15, -0.1) is 0 Å². The van der Waals surface area contributed by atoms with Crippen molar-refractivity contribution < 1.29 is 23.1 Å². The molecule has 10 heteroatoms. The van der Waals surface area contributed by atoms with Crippen LogP contribution < -0.4 is 10.1 Å². The molecule has 0 bridgehead atoms. The highest BCUT2D eigenvalue weighted by Crippen LogP contribution is 2.32. The third-order valence-electron chi connectivity index (χ3n) is 5.66. The van der Waals surface area contributed by atoms with Crippen LogP contribution in [0.4, 0.5) is 5.82 Å². The maximum atomic E-state index is 12.9. The Morgan fingerprint density at radius 2 is 1.86 bits per heavy atom. The van der Waals surface area contributed by atoms with Gasteiger partial charge < -0.3 is 15.2 Å². The second kappa shape index (κ2) is 12.4. The molecule has 2 atom stereocenters. The van der Waals surface area contributed by atoms with Crippen molar-refractivity contribution in [2.75, 3.05) is 18.2 Å². The number of aliphatic hydroxyl groups is 1. The lowest BCUT2D eigenvalue weighted by Gasteiger charge is -2.15. The number of nitrogens with zero attached hydrogens (tertiary/aromatic N) is 2. The first-order valence-electron chi connectivity index (χ1n) is 11.7. The molecule has 2 unspecified atom stereocenters. The average Bonchev–Trinajstić information content (AvgIpc) is 3.23. The smallest absolute Gasteiger partial charge is 0.257 e. The number of hydrogen-bond acceptors (Lipinski definition) is 7. The molecule has 1 heterocycles. The second-order valence-corrected chi connectivity index (χ2v) is 12.5. The van der Waals surface area contributed by atoms with Crippen LogP contribution in [0.15, 0.2) is 64.5 Å². The van der Waals surface area contributed by atoms with Crippen LogP contribution in [0.3, 0.4) is 0 Å². The fourth-order valence-electron chi connectivity index (χ4n) is 3.44. The molecule has 194 valence electrons. The first-order valence-corrected chi connectivity index (χ1v) is 14.5. The van der Waals surface area contributed by atoms with Crippen molar-refractivity contribution in [1.29, 1.82) is 0 Å². The third kappa shape index (κ3) is 8.39. The van der Waals surface area contributed by atoms with Gasteiger partial charge in [-0.1, -0.05) is 23.9 Å². The summed E-state index contributed by atoms with van der Waals surface area (Å²) in [6.45, 7) is 3.36. The van der Waals surface area contributed by atoms with Crippen molar-refractivity contribution in [1.82, 2.24) is 9.78 Å². The number of ether oxygens (including phenoxy) is 1. The number of carbonyl (C=O) groups is 1. The van der Waals surface area contributed by atoms with Gasteiger partial charge in [-0.25, -0.2) is 8.42 Å². The molecule has 0 aliphatic heterocycles. The van der Waals surface area contributed by atoms with E-state index in [9.17, 15) is 18.3 Å². The van der Waals surface area contributed by atoms with Gasteiger partial charge in [0, 0.05) is 40.9 Å². The molecule has 0 radical (unpaired) electrons. The van der Waals surface area contributed by atoms with E-state index >= 15 is 0 Å². The SMILES string of the molecule is CC(CO)Oc1cc(Sc2ccc(CCCC(C)S(C)(=O)=O)cc2)cc(C(=O)Nc2ccn(C)n2)c1. The van der Waals surface area contributed by atoms with E-state index in [1.165, 1.54) is 18.0 Å². The average molecular weight is 532 g/mol. The fourth-order valence-corrected chi connectivity index (χ4v) is 4.94. The molecular weight excluding hydrogens is 498 g/mol. The Hall–Kier alpha value is -2.82. The molecule has 1 aromatic heterocycles. The lowest BCUT2D eigenvalue weighted by Crippen LogP contribution is -2.17. The largest absolute Gasteiger partial charge is 0.488 e. The molecule has 1 amide bonds. The maximum absolute atomic E-state index is 12.9. The number of amides is 1. The highest BCUT2D eigenvalue weighted by Gasteiger charge is 2.15. The van der Waals surface area contributed by atoms with E-state index < -0.39 is 15.9 Å². The number of aryl methyl sites for hydroxylation is 2. The van der Waals surface area contributed by atoms with E-state index in [2.05, 4.69) is 10.4 Å². The Balaban J connectivity index is 1.71. The molecule has 3 aromatic rings. The van der Waals surface area contributed by atoms with Gasteiger partial charge in [0.25, 0.3) is 5.91 Å². The van der Waals surface area contributed by atoms with Gasteiger partial charge in [0.1, 0.15) is 21.7 Å². The Morgan fingerprint density at radius 3 is 2.47 bits per heavy atom. The topological polar surface area (TPSA) is 111 Å². The molecule has 0 spiro atoms. The van der Waals surface area contributed by atoms with Gasteiger partial charge in [0.15, 0.2) is 5.82 Å². The van der Waals surface area contributed by atoms with Crippen LogP contribution in [0.1, 0.15) is 42.6 Å². The number of aliphatic hydroxyl groups excluding tert-OH is 1. The van der Waals surface area contributed by atoms with Crippen molar-refractivity contribution >= 4 is 33.3 Å². The van der Waals surface area contributed by atoms with Gasteiger partial charge in [-0.05, 0) is 69.0 Å². The van der Waals surface area contributed by atoms with Crippen LogP contribution in [-0.2, 0) is 23.3 Å². The first kappa shape index (κ1) is 27.8. The lowest BCUT2D eigenvalue weighted by molar-refractivity contribution is 0.102. The Bertz CT molecular complexity index is 1270. The summed E-state index contributed by atoms with van der Waals surface area (Å²) in [4.78, 5) is 14.7. The lowest BCUT2D eigenvalue weighted by atomic mass is 10.1. The van der Waals surface area contributed by atoms with Crippen molar-refractivity contribution in [2.24, 2.45) is 7.05 Å². The van der Waals surface area contributed by atoms with Gasteiger partial charge in [0.05, 0.1) is 11.9 Å². The molecule has 0 fully saturated rings. The second-order valence-electron chi connectivity index (χ2n) is 8.91. The van der Waals surface area contributed by atoms with E-state index in [0.29, 0.717) is 23.6 Å². The van der Waals surface area contributed by atoms with Crippen LogP contribution >= 0.6 is 11.8 Å². The molecule has 8 nitrogen and oxygen atoms in total. The molecule has 0 saturated carbocycles. The van der Waals surface area contributed by atoms with E-state index in [1.54, 1.807) is 50.0 Å². The van der Waals surface area contributed by atoms with Crippen molar-refractivity contribution in [2.45, 2.75) is 54.3 Å². The van der Waals surface area contributed by atoms with E-state index in [0.717, 1.165) is 28.2 Å². The Kier molecular flexibility index (Phi) is 9.58. The quantitative estimate of drug-likeness (QED) is 0.358. The summed E-state index contributed by atoms with van der Waals surface area (Å²) in [6.07, 6.45) is 4.86. The predicted octanol–water partition coefficient (Wildman–Crippen LogP) is 4.34. The molecule has 36 heavy (non-hydrogen) atoms. The number of aromatic nitrogens is 2. The van der Waals surface area contributed by atoms with Crippen molar-refractivity contribution in [3.8, 4) is 5.75 Å². The molecular formula is C26H33N3O5S2. The summed E-state index contributed by atoms with van der Waals surface area (Å²) in [7, 11) is -1.22. The van der Waals surface area contributed by atoms with E-state index in [-0.39, 0.29) is 17.8 Å². The fraction of sp³-hybridized carbons (Fsp3) is 0.385. The number of anilines is 1. The number of carbonyl (C=O) groups excluding carboxylic acids is 1. The van der Waals surface area contributed by atoms with Crippen LogP contribution in [0, 0.1) is 0 Å². The summed E-state index contributed by atoms with van der Waals surface area (Å²) in [5, 5.41) is 16.0. The molecule has 0 aliphatic carbocycles. The molecule has 3 rings (SSSR count). The first-order chi connectivity index (χ1) is 17.0. The minimum absolute atomic E-state index is 0.142. The molecule has 2 N–H and O–H groups in total. The zero-order valence-electron chi connectivity index (χ0n) is 21.0. The maximum Gasteiger partial charge on any atom is 0.257 e. The third-order valence-corrected chi connectivity index (χ3v) is 8.33. The number of nitrogens with one attached hydrogen (secondary N) is 1. The van der Waals surface area contributed by atoms with Crippen LogP contribution in [0.5, 0.6) is 5.75 Å². The molecule has 0 saturated heterocycles. The zero-order chi connectivity index (χ0) is 26.3. The molecule has 0 aliphatic rings. The monoisotopic (exact) mass is 531 g/mol. The van der Waals surface area contributed by atoms with Gasteiger partial charge in [-0.3, -0.25) is 9.48 Å². The number of sulfone groups is 1. The number of benzene rings is 2. The summed E-state index contributed by atoms with van der Waals surface area (Å²) in [5.74, 6) is 0.633. The highest BCUT2D eigenvalue weighted by atomic mass is 32.2. The summed E-state index contributed by atoms with van der Waals surface area (Å²) in [5.41, 5.74) is 1.56. The minimum Gasteiger partial charge on any atom is -0.488 e. The number of rotatable bonds is 12. The Labute approximate surface area is 217 Å². The summed E-state index contributed by atoms with van der Waals surface area (Å²) in [6, 6.07) is 15.1. The standard InChI is InChI=1S/C26H33N3O5S2/c1-18(17-30)34-22-14-21(26(31)27-25-12-13-29(3)28-25)15-24(16-22)35-23-10-8-20(9-11-23)7-5-6-19(2)36(4,32)33/h8-16,18-19,30H,5-7,17H2,1-4H3,(H,27,28,31). The molecule has 2 aromatic carbocycles. The highest BCUT2D eigenvalue weighted by molar-refractivity contribution is 7.99. The van der Waals surface area contributed by atoms with Crippen LogP contribution in [-0.4, -0.2) is 53.4 Å². The van der Waals surface area contributed by atoms with Crippen molar-refractivity contribution in [3.63, 3.8) is 0 Å². The zero-order valence-corrected chi connectivity index (χ0v) is 22.6. The van der Waals surface area contributed by atoms with Crippen LogP contribution in [0.25, 0.3) is 0 Å². The van der Waals surface area contributed by atoms with Gasteiger partial charge in [0.2, 0.25) is 0 Å². The minimum atomic E-state index is -3.00. The van der Waals surface area contributed by atoms with Gasteiger partial charge in [-0.2, -0.15) is 5.10 Å². The predicted molar refractivity (Wildman–Crippen MR) is 143 cm³/mol. The normalized spacial score (nSPS) is 13.2.